The van der Waals surface area contributed by atoms with E-state index in [0.717, 1.165) is 18.1 Å². The highest BCUT2D eigenvalue weighted by Gasteiger charge is 2.17. The van der Waals surface area contributed by atoms with Crippen molar-refractivity contribution in [1.82, 2.24) is 9.88 Å². The molecule has 1 saturated carbocycles. The standard InChI is InChI=1S/C18H24N2/c1-20(16-8-4-2-3-5-9-16)14-15-12-13-19-18-11-7-6-10-17(15)18/h6-7,10-13,16H,2-5,8-9,14H2,1H3. The maximum Gasteiger partial charge on any atom is 0.0705 e. The lowest BCUT2D eigenvalue weighted by molar-refractivity contribution is 0.214. The van der Waals surface area contributed by atoms with Gasteiger partial charge in [0.15, 0.2) is 0 Å². The van der Waals surface area contributed by atoms with Gasteiger partial charge in [0.2, 0.25) is 0 Å². The zero-order valence-corrected chi connectivity index (χ0v) is 12.4. The zero-order valence-electron chi connectivity index (χ0n) is 12.4. The highest BCUT2D eigenvalue weighted by atomic mass is 15.1. The van der Waals surface area contributed by atoms with Gasteiger partial charge in [0, 0.05) is 24.2 Å². The molecule has 0 radical (unpaired) electrons. The van der Waals surface area contributed by atoms with Crippen LogP contribution < -0.4 is 0 Å². The molecule has 0 aliphatic heterocycles. The van der Waals surface area contributed by atoms with Gasteiger partial charge in [-0.15, -0.1) is 0 Å². The van der Waals surface area contributed by atoms with Gasteiger partial charge < -0.3 is 0 Å². The van der Waals surface area contributed by atoms with Gasteiger partial charge in [-0.1, -0.05) is 43.9 Å². The molecule has 1 aliphatic carbocycles. The Morgan fingerprint density at radius 2 is 1.80 bits per heavy atom. The van der Waals surface area contributed by atoms with E-state index in [1.165, 1.54) is 49.5 Å². The van der Waals surface area contributed by atoms with E-state index in [1.807, 2.05) is 6.20 Å². The molecule has 106 valence electrons. The van der Waals surface area contributed by atoms with Crippen LogP contribution in [0.15, 0.2) is 36.5 Å². The van der Waals surface area contributed by atoms with Gasteiger partial charge >= 0.3 is 0 Å². The maximum atomic E-state index is 4.46. The van der Waals surface area contributed by atoms with Crippen LogP contribution >= 0.6 is 0 Å². The molecule has 0 amide bonds. The first kappa shape index (κ1) is 13.6. The lowest BCUT2D eigenvalue weighted by atomic mass is 10.0. The monoisotopic (exact) mass is 268 g/mol. The van der Waals surface area contributed by atoms with E-state index in [4.69, 9.17) is 0 Å². The molecule has 0 spiro atoms. The minimum absolute atomic E-state index is 0.754. The summed E-state index contributed by atoms with van der Waals surface area (Å²) in [4.78, 5) is 7.01. The summed E-state index contributed by atoms with van der Waals surface area (Å²) in [7, 11) is 2.28. The molecule has 3 rings (SSSR count). The summed E-state index contributed by atoms with van der Waals surface area (Å²) in [5.41, 5.74) is 2.52. The number of para-hydroxylation sites is 1. The van der Waals surface area contributed by atoms with Gasteiger partial charge in [-0.05, 0) is 37.6 Å². The smallest absolute Gasteiger partial charge is 0.0705 e. The minimum atomic E-state index is 0.754. The fourth-order valence-electron chi connectivity index (χ4n) is 3.39. The molecule has 0 N–H and O–H groups in total. The second-order valence-corrected chi connectivity index (χ2v) is 6.05. The Balaban J connectivity index is 1.78. The van der Waals surface area contributed by atoms with E-state index in [1.54, 1.807) is 0 Å². The van der Waals surface area contributed by atoms with Crippen LogP contribution in [-0.4, -0.2) is 23.0 Å². The fraction of sp³-hybridized carbons (Fsp3) is 0.500. The molecule has 0 atom stereocenters. The molecular weight excluding hydrogens is 244 g/mol. The molecule has 2 nitrogen and oxygen atoms in total. The number of hydrogen-bond donors (Lipinski definition) is 0. The van der Waals surface area contributed by atoms with Crippen molar-refractivity contribution in [3.05, 3.63) is 42.1 Å². The summed E-state index contributed by atoms with van der Waals surface area (Å²) in [6.45, 7) is 1.04. The molecule has 0 saturated heterocycles. The number of nitrogens with zero attached hydrogens (tertiary/aromatic N) is 2. The molecule has 1 aromatic carbocycles. The lowest BCUT2D eigenvalue weighted by Gasteiger charge is -2.27. The van der Waals surface area contributed by atoms with Crippen molar-refractivity contribution in [2.45, 2.75) is 51.1 Å². The van der Waals surface area contributed by atoms with Crippen molar-refractivity contribution in [1.29, 1.82) is 0 Å². The van der Waals surface area contributed by atoms with Crippen molar-refractivity contribution in [2.75, 3.05) is 7.05 Å². The highest BCUT2D eigenvalue weighted by molar-refractivity contribution is 5.81. The van der Waals surface area contributed by atoms with E-state index in [0.29, 0.717) is 0 Å². The number of hydrogen-bond acceptors (Lipinski definition) is 2. The molecular formula is C18H24N2. The molecule has 0 bridgehead atoms. The summed E-state index contributed by atoms with van der Waals surface area (Å²) in [5, 5.41) is 1.30. The van der Waals surface area contributed by atoms with Crippen molar-refractivity contribution in [3.63, 3.8) is 0 Å². The van der Waals surface area contributed by atoms with Crippen LogP contribution in [0.2, 0.25) is 0 Å². The van der Waals surface area contributed by atoms with Crippen LogP contribution in [0, 0.1) is 0 Å². The maximum absolute atomic E-state index is 4.46. The first-order valence-corrected chi connectivity index (χ1v) is 7.87. The number of pyridine rings is 1. The van der Waals surface area contributed by atoms with Crippen LogP contribution in [0.25, 0.3) is 10.9 Å². The van der Waals surface area contributed by atoms with E-state index in [9.17, 15) is 0 Å². The lowest BCUT2D eigenvalue weighted by Crippen LogP contribution is -2.30. The van der Waals surface area contributed by atoms with Gasteiger partial charge in [0.1, 0.15) is 0 Å². The fourth-order valence-corrected chi connectivity index (χ4v) is 3.39. The van der Waals surface area contributed by atoms with Crippen LogP contribution in [0.1, 0.15) is 44.1 Å². The molecule has 1 aromatic heterocycles. The third-order valence-corrected chi connectivity index (χ3v) is 4.61. The molecule has 2 heteroatoms. The number of benzene rings is 1. The zero-order chi connectivity index (χ0) is 13.8. The first-order valence-electron chi connectivity index (χ1n) is 7.87. The average Bonchev–Trinajstić information content (AvgIpc) is 2.77. The van der Waals surface area contributed by atoms with Gasteiger partial charge in [0.25, 0.3) is 0 Å². The molecule has 1 aliphatic rings. The second-order valence-electron chi connectivity index (χ2n) is 6.05. The van der Waals surface area contributed by atoms with E-state index in [2.05, 4.69) is 47.3 Å². The van der Waals surface area contributed by atoms with E-state index < -0.39 is 0 Å². The van der Waals surface area contributed by atoms with Gasteiger partial charge in [-0.25, -0.2) is 0 Å². The Kier molecular flexibility index (Phi) is 4.31. The van der Waals surface area contributed by atoms with E-state index >= 15 is 0 Å². The van der Waals surface area contributed by atoms with Crippen molar-refractivity contribution < 1.29 is 0 Å². The normalized spacial score (nSPS) is 17.5. The summed E-state index contributed by atoms with van der Waals surface area (Å²) in [5.74, 6) is 0. The average molecular weight is 268 g/mol. The topological polar surface area (TPSA) is 16.1 Å². The Morgan fingerprint density at radius 1 is 1.05 bits per heavy atom. The summed E-state index contributed by atoms with van der Waals surface area (Å²) < 4.78 is 0. The molecule has 0 unspecified atom stereocenters. The largest absolute Gasteiger partial charge is 0.299 e. The van der Waals surface area contributed by atoms with Gasteiger partial charge in [-0.3, -0.25) is 9.88 Å². The van der Waals surface area contributed by atoms with Crippen molar-refractivity contribution in [3.8, 4) is 0 Å². The third-order valence-electron chi connectivity index (χ3n) is 4.61. The number of aromatic nitrogens is 1. The molecule has 2 aromatic rings. The Hall–Kier alpha value is -1.41. The van der Waals surface area contributed by atoms with E-state index in [-0.39, 0.29) is 0 Å². The Bertz CT molecular complexity index is 551. The van der Waals surface area contributed by atoms with Gasteiger partial charge in [-0.2, -0.15) is 0 Å². The van der Waals surface area contributed by atoms with Crippen LogP contribution in [0.4, 0.5) is 0 Å². The second kappa shape index (κ2) is 6.36. The van der Waals surface area contributed by atoms with Crippen molar-refractivity contribution in [2.24, 2.45) is 0 Å². The Morgan fingerprint density at radius 3 is 2.60 bits per heavy atom. The quantitative estimate of drug-likeness (QED) is 0.767. The predicted octanol–water partition coefficient (Wildman–Crippen LogP) is 4.39. The summed E-state index contributed by atoms with van der Waals surface area (Å²) in [6.07, 6.45) is 10.3. The minimum Gasteiger partial charge on any atom is -0.299 e. The SMILES string of the molecule is CN(Cc1ccnc2ccccc12)C1CCCCCC1. The Labute approximate surface area is 121 Å². The van der Waals surface area contributed by atoms with Crippen LogP contribution in [-0.2, 0) is 6.54 Å². The number of fused-ring (bicyclic) bond motifs is 1. The molecule has 20 heavy (non-hydrogen) atoms. The summed E-state index contributed by atoms with van der Waals surface area (Å²) in [6, 6.07) is 11.4. The van der Waals surface area contributed by atoms with Gasteiger partial charge in [0.05, 0.1) is 5.52 Å². The highest BCUT2D eigenvalue weighted by Crippen LogP contribution is 2.24. The van der Waals surface area contributed by atoms with Crippen LogP contribution in [0.5, 0.6) is 0 Å². The van der Waals surface area contributed by atoms with Crippen LogP contribution in [0.3, 0.4) is 0 Å². The molecule has 1 heterocycles. The number of rotatable bonds is 3. The van der Waals surface area contributed by atoms with Crippen molar-refractivity contribution >= 4 is 10.9 Å². The molecule has 1 fully saturated rings. The first-order chi connectivity index (χ1) is 9.84. The predicted molar refractivity (Wildman–Crippen MR) is 84.7 cm³/mol. The summed E-state index contributed by atoms with van der Waals surface area (Å²) >= 11 is 0. The third kappa shape index (κ3) is 3.01.